The molecule has 0 saturated carbocycles. The predicted octanol–water partition coefficient (Wildman–Crippen LogP) is 2.14. The number of rotatable bonds is 5. The molecule has 0 aliphatic carbocycles. The van der Waals surface area contributed by atoms with Crippen molar-refractivity contribution >= 4 is 11.3 Å². The summed E-state index contributed by atoms with van der Waals surface area (Å²) in [6.07, 6.45) is 0.633. The van der Waals surface area contributed by atoms with E-state index in [1.807, 2.05) is 19.4 Å². The second-order valence-corrected chi connectivity index (χ2v) is 5.51. The summed E-state index contributed by atoms with van der Waals surface area (Å²) in [4.78, 5) is 8.83. The van der Waals surface area contributed by atoms with E-state index in [0.29, 0.717) is 24.2 Å². The zero-order valence-electron chi connectivity index (χ0n) is 11.1. The number of nitrogens with zero attached hydrogens (tertiary/aromatic N) is 3. The maximum atomic E-state index is 5.30. The van der Waals surface area contributed by atoms with Gasteiger partial charge in [-0.25, -0.2) is 4.98 Å². The van der Waals surface area contributed by atoms with Crippen molar-refractivity contribution in [2.24, 2.45) is 0 Å². The number of thiazole rings is 1. The third kappa shape index (κ3) is 2.94. The van der Waals surface area contributed by atoms with Crippen molar-refractivity contribution in [3.05, 3.63) is 27.8 Å². The summed E-state index contributed by atoms with van der Waals surface area (Å²) < 4.78 is 5.30. The van der Waals surface area contributed by atoms with Gasteiger partial charge in [0.2, 0.25) is 5.89 Å². The molecule has 0 radical (unpaired) electrons. The molecule has 2 rings (SSSR count). The van der Waals surface area contributed by atoms with Crippen LogP contribution in [0.4, 0.5) is 0 Å². The second kappa shape index (κ2) is 5.58. The first-order chi connectivity index (χ1) is 8.60. The van der Waals surface area contributed by atoms with Gasteiger partial charge in [-0.3, -0.25) is 0 Å². The largest absolute Gasteiger partial charge is 0.339 e. The number of hydrogen-bond acceptors (Lipinski definition) is 6. The van der Waals surface area contributed by atoms with Gasteiger partial charge in [-0.2, -0.15) is 4.98 Å². The lowest BCUT2D eigenvalue weighted by atomic mass is 10.0. The third-order valence-corrected chi connectivity index (χ3v) is 3.91. The Morgan fingerprint density at radius 1 is 1.39 bits per heavy atom. The van der Waals surface area contributed by atoms with Crippen molar-refractivity contribution in [2.75, 3.05) is 7.05 Å². The molecule has 0 amide bonds. The topological polar surface area (TPSA) is 63.8 Å². The molecule has 18 heavy (non-hydrogen) atoms. The molecule has 2 atom stereocenters. The highest BCUT2D eigenvalue weighted by Gasteiger charge is 2.19. The Balaban J connectivity index is 2.06. The first-order valence-corrected chi connectivity index (χ1v) is 6.89. The van der Waals surface area contributed by atoms with Gasteiger partial charge < -0.3 is 9.84 Å². The highest BCUT2D eigenvalue weighted by atomic mass is 32.1. The van der Waals surface area contributed by atoms with Crippen LogP contribution in [0.15, 0.2) is 9.90 Å². The molecule has 0 aromatic carbocycles. The second-order valence-electron chi connectivity index (χ2n) is 4.45. The van der Waals surface area contributed by atoms with Crippen LogP contribution in [0.2, 0.25) is 0 Å². The van der Waals surface area contributed by atoms with Gasteiger partial charge in [-0.15, -0.1) is 11.3 Å². The van der Waals surface area contributed by atoms with E-state index < -0.39 is 0 Å². The van der Waals surface area contributed by atoms with E-state index in [1.165, 1.54) is 0 Å². The minimum Gasteiger partial charge on any atom is -0.339 e. The molecule has 0 fully saturated rings. The SMILES string of the molecule is CNC(C)C(C)c1nc(Cc2csc(C)n2)no1. The summed E-state index contributed by atoms with van der Waals surface area (Å²) in [5.41, 5.74) is 0.999. The van der Waals surface area contributed by atoms with Crippen LogP contribution in [0, 0.1) is 6.92 Å². The molecule has 0 spiro atoms. The van der Waals surface area contributed by atoms with Gasteiger partial charge in [0.15, 0.2) is 5.82 Å². The minimum absolute atomic E-state index is 0.202. The minimum atomic E-state index is 0.202. The van der Waals surface area contributed by atoms with Crippen molar-refractivity contribution in [3.8, 4) is 0 Å². The van der Waals surface area contributed by atoms with Gasteiger partial charge in [0.05, 0.1) is 23.0 Å². The van der Waals surface area contributed by atoms with Crippen LogP contribution in [0.5, 0.6) is 0 Å². The predicted molar refractivity (Wildman–Crippen MR) is 70.9 cm³/mol. The molecule has 2 aromatic rings. The Kier molecular flexibility index (Phi) is 4.08. The normalized spacial score (nSPS) is 14.7. The van der Waals surface area contributed by atoms with Crippen LogP contribution in [-0.2, 0) is 6.42 Å². The first-order valence-electron chi connectivity index (χ1n) is 6.01. The van der Waals surface area contributed by atoms with Crippen molar-refractivity contribution in [2.45, 2.75) is 39.2 Å². The Bertz CT molecular complexity index is 508. The average molecular weight is 266 g/mol. The third-order valence-electron chi connectivity index (χ3n) is 3.08. The molecule has 0 aliphatic rings. The van der Waals surface area contributed by atoms with Crippen molar-refractivity contribution < 1.29 is 4.52 Å². The van der Waals surface area contributed by atoms with Crippen LogP contribution in [-0.4, -0.2) is 28.2 Å². The molecule has 5 nitrogen and oxygen atoms in total. The Morgan fingerprint density at radius 3 is 2.78 bits per heavy atom. The summed E-state index contributed by atoms with van der Waals surface area (Å²) >= 11 is 1.64. The van der Waals surface area contributed by atoms with Gasteiger partial charge in [-0.1, -0.05) is 12.1 Å². The van der Waals surface area contributed by atoms with Crippen molar-refractivity contribution in [3.63, 3.8) is 0 Å². The summed E-state index contributed by atoms with van der Waals surface area (Å²) in [6.45, 7) is 6.16. The van der Waals surface area contributed by atoms with E-state index in [2.05, 4.69) is 34.3 Å². The van der Waals surface area contributed by atoms with Gasteiger partial charge in [-0.05, 0) is 20.9 Å². The highest BCUT2D eigenvalue weighted by Crippen LogP contribution is 2.18. The average Bonchev–Trinajstić information content (AvgIpc) is 2.97. The fourth-order valence-corrected chi connectivity index (χ4v) is 2.25. The van der Waals surface area contributed by atoms with E-state index in [4.69, 9.17) is 4.52 Å². The molecular formula is C12H18N4OS. The molecule has 1 N–H and O–H groups in total. The zero-order valence-corrected chi connectivity index (χ0v) is 11.9. The summed E-state index contributed by atoms with van der Waals surface area (Å²) in [5.74, 6) is 1.58. The standard InChI is InChI=1S/C12H18N4OS/c1-7(8(2)13-4)12-15-11(16-17-12)5-10-6-18-9(3)14-10/h6-8,13H,5H2,1-4H3. The van der Waals surface area contributed by atoms with Crippen LogP contribution < -0.4 is 5.32 Å². The molecule has 6 heteroatoms. The van der Waals surface area contributed by atoms with Crippen LogP contribution in [0.3, 0.4) is 0 Å². The van der Waals surface area contributed by atoms with E-state index >= 15 is 0 Å². The zero-order chi connectivity index (χ0) is 13.1. The molecule has 2 unspecified atom stereocenters. The fraction of sp³-hybridized carbons (Fsp3) is 0.583. The lowest BCUT2D eigenvalue weighted by Gasteiger charge is -2.14. The molecular weight excluding hydrogens is 248 g/mol. The molecule has 2 aromatic heterocycles. The number of nitrogens with one attached hydrogen (secondary N) is 1. The quantitative estimate of drug-likeness (QED) is 0.898. The molecule has 0 aliphatic heterocycles. The first kappa shape index (κ1) is 13.2. The summed E-state index contributed by atoms with van der Waals surface area (Å²) in [6, 6.07) is 0.305. The van der Waals surface area contributed by atoms with Crippen LogP contribution >= 0.6 is 11.3 Å². The lowest BCUT2D eigenvalue weighted by Crippen LogP contribution is -2.27. The smallest absolute Gasteiger partial charge is 0.231 e. The Labute approximate surface area is 111 Å². The molecule has 98 valence electrons. The number of likely N-dealkylation sites (N-methyl/N-ethyl adjacent to an activating group) is 1. The van der Waals surface area contributed by atoms with Gasteiger partial charge >= 0.3 is 0 Å². The highest BCUT2D eigenvalue weighted by molar-refractivity contribution is 7.09. The van der Waals surface area contributed by atoms with Gasteiger partial charge in [0, 0.05) is 11.4 Å². The summed E-state index contributed by atoms with van der Waals surface area (Å²) in [7, 11) is 1.93. The molecule has 0 bridgehead atoms. The van der Waals surface area contributed by atoms with Crippen molar-refractivity contribution in [1.82, 2.24) is 20.4 Å². The molecule has 0 saturated heterocycles. The van der Waals surface area contributed by atoms with Gasteiger partial charge in [0.25, 0.3) is 0 Å². The summed E-state index contributed by atoms with van der Waals surface area (Å²) in [5, 5.41) is 10.3. The maximum Gasteiger partial charge on any atom is 0.231 e. The number of aryl methyl sites for hydroxylation is 1. The fourth-order valence-electron chi connectivity index (χ4n) is 1.64. The van der Waals surface area contributed by atoms with E-state index in [9.17, 15) is 0 Å². The Morgan fingerprint density at radius 2 is 2.17 bits per heavy atom. The number of aromatic nitrogens is 3. The van der Waals surface area contributed by atoms with E-state index in [0.717, 1.165) is 10.7 Å². The van der Waals surface area contributed by atoms with Gasteiger partial charge in [0.1, 0.15) is 0 Å². The van der Waals surface area contributed by atoms with E-state index in [-0.39, 0.29) is 5.92 Å². The number of hydrogen-bond donors (Lipinski definition) is 1. The van der Waals surface area contributed by atoms with E-state index in [1.54, 1.807) is 11.3 Å². The van der Waals surface area contributed by atoms with Crippen LogP contribution in [0.25, 0.3) is 0 Å². The van der Waals surface area contributed by atoms with Crippen molar-refractivity contribution in [1.29, 1.82) is 0 Å². The maximum absolute atomic E-state index is 5.30. The molecule has 2 heterocycles. The lowest BCUT2D eigenvalue weighted by molar-refractivity contribution is 0.333. The van der Waals surface area contributed by atoms with Crippen LogP contribution in [0.1, 0.15) is 42.2 Å². The Hall–Kier alpha value is -1.27. The monoisotopic (exact) mass is 266 g/mol.